The summed E-state index contributed by atoms with van der Waals surface area (Å²) >= 11 is 1.30. The Kier molecular flexibility index (Phi) is 6.76. The second kappa shape index (κ2) is 7.59. The molecule has 0 saturated carbocycles. The lowest BCUT2D eigenvalue weighted by atomic mass is 9.95. The number of nitrogens with zero attached hydrogens (tertiary/aromatic N) is 1. The number of hydrogen-bond donors (Lipinski definition) is 1. The highest BCUT2D eigenvalue weighted by molar-refractivity contribution is 7.91. The number of rotatable bonds is 5. The van der Waals surface area contributed by atoms with Crippen LogP contribution in [0, 0.1) is 5.92 Å². The predicted molar refractivity (Wildman–Crippen MR) is 81.6 cm³/mol. The fourth-order valence-corrected chi connectivity index (χ4v) is 4.94. The van der Waals surface area contributed by atoms with Crippen LogP contribution in [0.2, 0.25) is 0 Å². The van der Waals surface area contributed by atoms with Gasteiger partial charge in [-0.1, -0.05) is 6.07 Å². The standard InChI is InChI=1S/C12H20N2O2S2.ClH/c1-13-7-4-11-5-8-14(9-6-11)18(15,16)12-3-2-10-17-12;/h2-3,10-11,13H,4-9H2,1H3;1H. The summed E-state index contributed by atoms with van der Waals surface area (Å²) < 4.78 is 26.7. The van der Waals surface area contributed by atoms with Crippen LogP contribution in [-0.2, 0) is 10.0 Å². The molecule has 0 amide bonds. The molecule has 0 spiro atoms. The first-order chi connectivity index (χ1) is 8.64. The molecule has 1 aliphatic heterocycles. The number of hydrogen-bond acceptors (Lipinski definition) is 4. The molecule has 1 fully saturated rings. The average Bonchev–Trinajstić information content (AvgIpc) is 2.91. The quantitative estimate of drug-likeness (QED) is 0.903. The van der Waals surface area contributed by atoms with Gasteiger partial charge in [0.15, 0.2) is 0 Å². The zero-order chi connectivity index (χ0) is 13.0. The van der Waals surface area contributed by atoms with E-state index in [9.17, 15) is 8.42 Å². The van der Waals surface area contributed by atoms with Gasteiger partial charge in [-0.15, -0.1) is 23.7 Å². The molecule has 19 heavy (non-hydrogen) atoms. The van der Waals surface area contributed by atoms with Crippen LogP contribution in [-0.4, -0.2) is 39.4 Å². The van der Waals surface area contributed by atoms with Crippen molar-refractivity contribution in [2.75, 3.05) is 26.7 Å². The molecule has 0 aromatic carbocycles. The van der Waals surface area contributed by atoms with E-state index >= 15 is 0 Å². The first-order valence-corrected chi connectivity index (χ1v) is 8.65. The van der Waals surface area contributed by atoms with E-state index < -0.39 is 10.0 Å². The second-order valence-corrected chi connectivity index (χ2v) is 7.78. The molecule has 1 aromatic rings. The van der Waals surface area contributed by atoms with E-state index in [2.05, 4.69) is 5.32 Å². The van der Waals surface area contributed by atoms with Crippen LogP contribution in [0.3, 0.4) is 0 Å². The molecule has 1 aliphatic rings. The summed E-state index contributed by atoms with van der Waals surface area (Å²) in [4.78, 5) is 0. The summed E-state index contributed by atoms with van der Waals surface area (Å²) in [5.41, 5.74) is 0. The first kappa shape index (κ1) is 16.9. The van der Waals surface area contributed by atoms with Crippen molar-refractivity contribution in [3.8, 4) is 0 Å². The Hall–Kier alpha value is -0.140. The zero-order valence-corrected chi connectivity index (χ0v) is 13.5. The molecule has 0 radical (unpaired) electrons. The van der Waals surface area contributed by atoms with Crippen molar-refractivity contribution in [3.05, 3.63) is 17.5 Å². The van der Waals surface area contributed by atoms with Gasteiger partial charge in [0.25, 0.3) is 10.0 Å². The van der Waals surface area contributed by atoms with Gasteiger partial charge >= 0.3 is 0 Å². The Morgan fingerprint density at radius 1 is 1.42 bits per heavy atom. The summed E-state index contributed by atoms with van der Waals surface area (Å²) in [5, 5.41) is 4.96. The lowest BCUT2D eigenvalue weighted by Crippen LogP contribution is -2.38. The van der Waals surface area contributed by atoms with E-state index in [-0.39, 0.29) is 12.4 Å². The van der Waals surface area contributed by atoms with Crippen molar-refractivity contribution in [1.82, 2.24) is 9.62 Å². The average molecular weight is 325 g/mol. The number of nitrogens with one attached hydrogen (secondary N) is 1. The SMILES string of the molecule is CNCCC1CCN(S(=O)(=O)c2cccs2)CC1.Cl. The molecule has 1 N–H and O–H groups in total. The third-order valence-corrected chi connectivity index (χ3v) is 6.74. The van der Waals surface area contributed by atoms with Crippen LogP contribution in [0.25, 0.3) is 0 Å². The van der Waals surface area contributed by atoms with Gasteiger partial charge in [0.05, 0.1) is 0 Å². The topological polar surface area (TPSA) is 49.4 Å². The fraction of sp³-hybridized carbons (Fsp3) is 0.667. The van der Waals surface area contributed by atoms with Gasteiger partial charge in [0, 0.05) is 13.1 Å². The monoisotopic (exact) mass is 324 g/mol. The van der Waals surface area contributed by atoms with E-state index in [0.29, 0.717) is 23.2 Å². The van der Waals surface area contributed by atoms with Gasteiger partial charge in [0.1, 0.15) is 4.21 Å². The molecule has 1 saturated heterocycles. The van der Waals surface area contributed by atoms with E-state index in [1.54, 1.807) is 16.4 Å². The summed E-state index contributed by atoms with van der Waals surface area (Å²) in [6.45, 7) is 2.34. The minimum Gasteiger partial charge on any atom is -0.320 e. The van der Waals surface area contributed by atoms with Crippen LogP contribution in [0.4, 0.5) is 0 Å². The van der Waals surface area contributed by atoms with Crippen molar-refractivity contribution in [3.63, 3.8) is 0 Å². The molecule has 0 aliphatic carbocycles. The molecule has 2 heterocycles. The van der Waals surface area contributed by atoms with Crippen molar-refractivity contribution in [1.29, 1.82) is 0 Å². The van der Waals surface area contributed by atoms with Crippen LogP contribution in [0.15, 0.2) is 21.7 Å². The van der Waals surface area contributed by atoms with E-state index in [0.717, 1.165) is 25.8 Å². The first-order valence-electron chi connectivity index (χ1n) is 6.33. The lowest BCUT2D eigenvalue weighted by molar-refractivity contribution is 0.263. The fourth-order valence-electron chi connectivity index (χ4n) is 2.32. The summed E-state index contributed by atoms with van der Waals surface area (Å²) in [6, 6.07) is 3.48. The molecule has 4 nitrogen and oxygen atoms in total. The Morgan fingerprint density at radius 2 is 2.11 bits per heavy atom. The Morgan fingerprint density at radius 3 is 2.63 bits per heavy atom. The molecule has 2 rings (SSSR count). The maximum atomic E-state index is 12.3. The number of thiophene rings is 1. The van der Waals surface area contributed by atoms with Gasteiger partial charge in [-0.2, -0.15) is 4.31 Å². The number of halogens is 1. The number of piperidine rings is 1. The lowest BCUT2D eigenvalue weighted by Gasteiger charge is -2.30. The Bertz CT molecular complexity index is 454. The maximum Gasteiger partial charge on any atom is 0.252 e. The van der Waals surface area contributed by atoms with Gasteiger partial charge in [0.2, 0.25) is 0 Å². The minimum atomic E-state index is -3.23. The van der Waals surface area contributed by atoms with Crippen LogP contribution < -0.4 is 5.32 Å². The van der Waals surface area contributed by atoms with Gasteiger partial charge in [-0.25, -0.2) is 8.42 Å². The Labute approximate surface area is 125 Å². The molecular weight excluding hydrogens is 304 g/mol. The van der Waals surface area contributed by atoms with E-state index in [1.807, 2.05) is 12.4 Å². The second-order valence-electron chi connectivity index (χ2n) is 4.67. The van der Waals surface area contributed by atoms with E-state index in [1.165, 1.54) is 11.3 Å². The van der Waals surface area contributed by atoms with Crippen LogP contribution in [0.5, 0.6) is 0 Å². The van der Waals surface area contributed by atoms with Gasteiger partial charge in [-0.05, 0) is 50.2 Å². The largest absolute Gasteiger partial charge is 0.320 e. The summed E-state index contributed by atoms with van der Waals surface area (Å²) in [5.74, 6) is 0.659. The summed E-state index contributed by atoms with van der Waals surface area (Å²) in [7, 11) is -1.27. The highest BCUT2D eigenvalue weighted by Gasteiger charge is 2.29. The smallest absolute Gasteiger partial charge is 0.252 e. The molecule has 0 bridgehead atoms. The van der Waals surface area contributed by atoms with Gasteiger partial charge in [-0.3, -0.25) is 0 Å². The third-order valence-electron chi connectivity index (χ3n) is 3.47. The molecule has 0 unspecified atom stereocenters. The summed E-state index contributed by atoms with van der Waals surface area (Å²) in [6.07, 6.45) is 3.10. The maximum absolute atomic E-state index is 12.3. The van der Waals surface area contributed by atoms with Crippen LogP contribution >= 0.6 is 23.7 Å². The third kappa shape index (κ3) is 4.16. The molecule has 1 aromatic heterocycles. The highest BCUT2D eigenvalue weighted by atomic mass is 35.5. The van der Waals surface area contributed by atoms with Crippen molar-refractivity contribution < 1.29 is 8.42 Å². The van der Waals surface area contributed by atoms with Crippen LogP contribution in [0.1, 0.15) is 19.3 Å². The number of sulfonamides is 1. The zero-order valence-electron chi connectivity index (χ0n) is 11.0. The highest BCUT2D eigenvalue weighted by Crippen LogP contribution is 2.27. The molecule has 0 atom stereocenters. The predicted octanol–water partition coefficient (Wildman–Crippen LogP) is 2.18. The normalized spacial score (nSPS) is 18.2. The van der Waals surface area contributed by atoms with E-state index in [4.69, 9.17) is 0 Å². The van der Waals surface area contributed by atoms with Crippen molar-refractivity contribution in [2.45, 2.75) is 23.5 Å². The van der Waals surface area contributed by atoms with Gasteiger partial charge < -0.3 is 5.32 Å². The Balaban J connectivity index is 0.00000180. The molecule has 110 valence electrons. The molecule has 7 heteroatoms. The van der Waals surface area contributed by atoms with Crippen molar-refractivity contribution in [2.24, 2.45) is 5.92 Å². The van der Waals surface area contributed by atoms with Crippen molar-refractivity contribution >= 4 is 33.8 Å². The molecular formula is C12H21ClN2O2S2. The minimum absolute atomic E-state index is 0.